The Bertz CT molecular complexity index is 798. The second kappa shape index (κ2) is 6.16. The molecule has 2 heterocycles. The fraction of sp³-hybridized carbons (Fsp3) is 0.500. The molecule has 0 unspecified atom stereocenters. The summed E-state index contributed by atoms with van der Waals surface area (Å²) in [5.41, 5.74) is 0. The zero-order valence-corrected chi connectivity index (χ0v) is 14.5. The average Bonchev–Trinajstić information content (AvgIpc) is 3.09. The maximum absolute atomic E-state index is 13.4. The van der Waals surface area contributed by atoms with Gasteiger partial charge in [-0.25, -0.2) is 12.8 Å². The van der Waals surface area contributed by atoms with E-state index in [0.717, 1.165) is 6.07 Å². The Labute approximate surface area is 140 Å². The van der Waals surface area contributed by atoms with E-state index in [4.69, 9.17) is 4.42 Å². The van der Waals surface area contributed by atoms with Crippen LogP contribution < -0.4 is 4.90 Å². The lowest BCUT2D eigenvalue weighted by Gasteiger charge is -2.39. The molecule has 0 spiro atoms. The Kier molecular flexibility index (Phi) is 4.33. The lowest BCUT2D eigenvalue weighted by Crippen LogP contribution is -2.46. The van der Waals surface area contributed by atoms with Crippen LogP contribution in [0.5, 0.6) is 0 Å². The van der Waals surface area contributed by atoms with Gasteiger partial charge in [0.2, 0.25) is 6.39 Å². The molecule has 0 radical (unpaired) electrons. The van der Waals surface area contributed by atoms with Crippen LogP contribution in [-0.4, -0.2) is 36.5 Å². The van der Waals surface area contributed by atoms with Gasteiger partial charge < -0.3 is 9.32 Å². The minimum Gasteiger partial charge on any atom is -0.411 e. The average molecular weight is 353 g/mol. The van der Waals surface area contributed by atoms with Gasteiger partial charge in [0, 0.05) is 13.1 Å². The van der Waals surface area contributed by atoms with Gasteiger partial charge in [0.15, 0.2) is 9.84 Å². The van der Waals surface area contributed by atoms with Crippen molar-refractivity contribution in [3.63, 3.8) is 0 Å². The van der Waals surface area contributed by atoms with E-state index in [2.05, 4.69) is 10.2 Å². The molecule has 24 heavy (non-hydrogen) atoms. The van der Waals surface area contributed by atoms with Gasteiger partial charge in [-0.3, -0.25) is 0 Å². The molecule has 0 aliphatic carbocycles. The Hall–Kier alpha value is -1.96. The number of aromatic nitrogens is 2. The molecule has 0 atom stereocenters. The predicted octanol–water partition coefficient (Wildman–Crippen LogP) is 2.68. The minimum absolute atomic E-state index is 0.0341. The molecule has 1 aromatic heterocycles. The van der Waals surface area contributed by atoms with Gasteiger partial charge >= 0.3 is 6.01 Å². The summed E-state index contributed by atoms with van der Waals surface area (Å²) in [5, 5.41) is 7.55. The zero-order valence-electron chi connectivity index (χ0n) is 13.6. The molecule has 6 nitrogen and oxygen atoms in total. The Morgan fingerprint density at radius 2 is 2.00 bits per heavy atom. The lowest BCUT2D eigenvalue weighted by atomic mass is 9.86. The maximum atomic E-state index is 13.4. The summed E-state index contributed by atoms with van der Waals surface area (Å²) in [6, 6.07) is 5.67. The molecule has 0 N–H and O–H groups in total. The third kappa shape index (κ3) is 2.90. The van der Waals surface area contributed by atoms with E-state index in [1.54, 1.807) is 13.8 Å². The molecule has 1 fully saturated rings. The van der Waals surface area contributed by atoms with Gasteiger partial charge in [-0.1, -0.05) is 11.2 Å². The lowest BCUT2D eigenvalue weighted by molar-refractivity contribution is 0.317. The highest BCUT2D eigenvalue weighted by molar-refractivity contribution is 7.92. The van der Waals surface area contributed by atoms with Crippen LogP contribution in [0.3, 0.4) is 0 Å². The van der Waals surface area contributed by atoms with Gasteiger partial charge in [0.05, 0.1) is 9.64 Å². The van der Waals surface area contributed by atoms with E-state index < -0.39 is 20.4 Å². The van der Waals surface area contributed by atoms with Crippen molar-refractivity contribution in [2.75, 3.05) is 18.0 Å². The van der Waals surface area contributed by atoms with Crippen LogP contribution in [0.25, 0.3) is 0 Å². The fourth-order valence-electron chi connectivity index (χ4n) is 3.23. The number of hydrogen-bond acceptors (Lipinski definition) is 6. The Balaban J connectivity index is 1.78. The topological polar surface area (TPSA) is 76.3 Å². The molecule has 1 saturated heterocycles. The van der Waals surface area contributed by atoms with Crippen molar-refractivity contribution >= 4 is 15.9 Å². The monoisotopic (exact) mass is 353 g/mol. The molecule has 1 aliphatic heterocycles. The predicted molar refractivity (Wildman–Crippen MR) is 86.9 cm³/mol. The molecule has 3 rings (SSSR count). The standard InChI is InChI=1S/C16H20FN3O3S/c1-16(2,24(21,22)14-5-3-4-13(17)10-14)12-6-8-20(9-7-12)15-19-18-11-23-15/h3-5,10-12H,6-9H2,1-2H3. The quantitative estimate of drug-likeness (QED) is 0.841. The van der Waals surface area contributed by atoms with E-state index >= 15 is 0 Å². The fourth-order valence-corrected chi connectivity index (χ4v) is 5.04. The first-order chi connectivity index (χ1) is 11.3. The van der Waals surface area contributed by atoms with Crippen LogP contribution in [0.4, 0.5) is 10.4 Å². The first-order valence-corrected chi connectivity index (χ1v) is 9.32. The number of anilines is 1. The number of benzene rings is 1. The van der Waals surface area contributed by atoms with E-state index in [-0.39, 0.29) is 10.8 Å². The Morgan fingerprint density at radius 1 is 1.29 bits per heavy atom. The van der Waals surface area contributed by atoms with E-state index in [1.165, 1.54) is 24.6 Å². The van der Waals surface area contributed by atoms with Gasteiger partial charge in [-0.15, -0.1) is 5.10 Å². The largest absolute Gasteiger partial charge is 0.411 e. The SMILES string of the molecule is CC(C)(C1CCN(c2nnco2)CC1)S(=O)(=O)c1cccc(F)c1. The second-order valence-corrected chi connectivity index (χ2v) is 9.08. The van der Waals surface area contributed by atoms with E-state index in [0.29, 0.717) is 31.9 Å². The Morgan fingerprint density at radius 3 is 2.58 bits per heavy atom. The number of piperidine rings is 1. The van der Waals surface area contributed by atoms with Crippen molar-refractivity contribution in [2.45, 2.75) is 36.3 Å². The van der Waals surface area contributed by atoms with Crippen molar-refractivity contribution in [3.05, 3.63) is 36.5 Å². The van der Waals surface area contributed by atoms with Crippen LogP contribution in [0.15, 0.2) is 40.0 Å². The number of rotatable bonds is 4. The summed E-state index contributed by atoms with van der Waals surface area (Å²) in [6.07, 6.45) is 2.65. The van der Waals surface area contributed by atoms with Crippen molar-refractivity contribution < 1.29 is 17.2 Å². The molecule has 130 valence electrons. The van der Waals surface area contributed by atoms with Crippen molar-refractivity contribution in [3.8, 4) is 0 Å². The van der Waals surface area contributed by atoms with Gasteiger partial charge in [0.1, 0.15) is 5.82 Å². The van der Waals surface area contributed by atoms with Gasteiger partial charge in [-0.05, 0) is 50.8 Å². The smallest absolute Gasteiger partial charge is 0.317 e. The number of sulfone groups is 1. The summed E-state index contributed by atoms with van der Waals surface area (Å²) in [5.74, 6) is -0.581. The first kappa shape index (κ1) is 16.9. The molecule has 0 amide bonds. The zero-order chi connectivity index (χ0) is 17.4. The van der Waals surface area contributed by atoms with Gasteiger partial charge in [-0.2, -0.15) is 0 Å². The van der Waals surface area contributed by atoms with Crippen LogP contribution in [0, 0.1) is 11.7 Å². The highest BCUT2D eigenvalue weighted by Crippen LogP contribution is 2.38. The summed E-state index contributed by atoms with van der Waals surface area (Å²) in [7, 11) is -3.64. The van der Waals surface area contributed by atoms with Gasteiger partial charge in [0.25, 0.3) is 0 Å². The minimum atomic E-state index is -3.64. The van der Waals surface area contributed by atoms with E-state index in [9.17, 15) is 12.8 Å². The van der Waals surface area contributed by atoms with Crippen molar-refractivity contribution in [1.29, 1.82) is 0 Å². The van der Waals surface area contributed by atoms with E-state index in [1.807, 2.05) is 4.90 Å². The molecule has 1 aromatic carbocycles. The van der Waals surface area contributed by atoms with Crippen molar-refractivity contribution in [1.82, 2.24) is 10.2 Å². The summed E-state index contributed by atoms with van der Waals surface area (Å²) >= 11 is 0. The highest BCUT2D eigenvalue weighted by atomic mass is 32.2. The normalized spacial score (nSPS) is 17.2. The third-order valence-corrected chi connectivity index (χ3v) is 7.49. The molecule has 0 saturated carbocycles. The molecule has 8 heteroatoms. The summed E-state index contributed by atoms with van der Waals surface area (Å²) in [6.45, 7) is 4.74. The third-order valence-electron chi connectivity index (χ3n) is 4.90. The summed E-state index contributed by atoms with van der Waals surface area (Å²) < 4.78 is 43.6. The molecule has 1 aliphatic rings. The van der Waals surface area contributed by atoms with Crippen molar-refractivity contribution in [2.24, 2.45) is 5.92 Å². The molecule has 2 aromatic rings. The molecular weight excluding hydrogens is 333 g/mol. The maximum Gasteiger partial charge on any atom is 0.317 e. The van der Waals surface area contributed by atoms with Crippen LogP contribution in [-0.2, 0) is 9.84 Å². The second-order valence-electron chi connectivity index (χ2n) is 6.55. The first-order valence-electron chi connectivity index (χ1n) is 7.83. The highest BCUT2D eigenvalue weighted by Gasteiger charge is 2.44. The van der Waals surface area contributed by atoms with Crippen LogP contribution in [0.2, 0.25) is 0 Å². The van der Waals surface area contributed by atoms with Crippen LogP contribution >= 0.6 is 0 Å². The number of nitrogens with zero attached hydrogens (tertiary/aromatic N) is 3. The number of halogens is 1. The molecule has 0 bridgehead atoms. The number of hydrogen-bond donors (Lipinski definition) is 0. The molecular formula is C16H20FN3O3S. The summed E-state index contributed by atoms with van der Waals surface area (Å²) in [4.78, 5) is 1.99. The van der Waals surface area contributed by atoms with Crippen LogP contribution in [0.1, 0.15) is 26.7 Å².